The summed E-state index contributed by atoms with van der Waals surface area (Å²) in [5.74, 6) is 0. The van der Waals surface area contributed by atoms with E-state index >= 15 is 0 Å². The summed E-state index contributed by atoms with van der Waals surface area (Å²) in [7, 11) is 0. The monoisotopic (exact) mass is 252 g/mol. The van der Waals surface area contributed by atoms with Gasteiger partial charge < -0.3 is 5.32 Å². The van der Waals surface area contributed by atoms with E-state index in [1.54, 1.807) is 0 Å². The average Bonchev–Trinajstić information content (AvgIpc) is 2.20. The highest BCUT2D eigenvalue weighted by Crippen LogP contribution is 2.22. The molecule has 0 aromatic rings. The normalized spacial score (nSPS) is 27.4. The molecule has 1 rings (SSSR count). The van der Waals surface area contributed by atoms with Crippen LogP contribution in [0.4, 0.5) is 13.2 Å². The SMILES string of the molecule is CCCC1CNC(C)CN1CCCC(F)(F)F. The van der Waals surface area contributed by atoms with E-state index in [1.165, 1.54) is 0 Å². The highest BCUT2D eigenvalue weighted by Gasteiger charge is 2.29. The Labute approximate surface area is 102 Å². The van der Waals surface area contributed by atoms with Gasteiger partial charge in [0.05, 0.1) is 0 Å². The second-order valence-electron chi connectivity index (χ2n) is 4.97. The van der Waals surface area contributed by atoms with Gasteiger partial charge in [-0.25, -0.2) is 0 Å². The highest BCUT2D eigenvalue weighted by molar-refractivity contribution is 4.83. The number of halogens is 3. The van der Waals surface area contributed by atoms with Crippen LogP contribution in [-0.2, 0) is 0 Å². The van der Waals surface area contributed by atoms with Crippen LogP contribution in [0.2, 0.25) is 0 Å². The van der Waals surface area contributed by atoms with Crippen LogP contribution in [-0.4, -0.2) is 42.8 Å². The number of nitrogens with zero attached hydrogens (tertiary/aromatic N) is 1. The molecule has 0 saturated carbocycles. The van der Waals surface area contributed by atoms with Crippen molar-refractivity contribution in [1.29, 1.82) is 0 Å². The third kappa shape index (κ3) is 5.73. The zero-order valence-electron chi connectivity index (χ0n) is 10.7. The molecule has 0 aromatic heterocycles. The van der Waals surface area contributed by atoms with E-state index in [0.717, 1.165) is 25.9 Å². The number of piperazine rings is 1. The van der Waals surface area contributed by atoms with Crippen LogP contribution in [0.25, 0.3) is 0 Å². The fourth-order valence-electron chi connectivity index (χ4n) is 2.41. The van der Waals surface area contributed by atoms with E-state index in [9.17, 15) is 13.2 Å². The number of alkyl halides is 3. The minimum absolute atomic E-state index is 0.219. The van der Waals surface area contributed by atoms with Crippen LogP contribution in [0.15, 0.2) is 0 Å². The van der Waals surface area contributed by atoms with Crippen LogP contribution in [0.5, 0.6) is 0 Å². The molecule has 0 bridgehead atoms. The molecule has 1 aliphatic heterocycles. The largest absolute Gasteiger partial charge is 0.389 e. The van der Waals surface area contributed by atoms with Crippen molar-refractivity contribution in [2.75, 3.05) is 19.6 Å². The van der Waals surface area contributed by atoms with Gasteiger partial charge >= 0.3 is 6.18 Å². The summed E-state index contributed by atoms with van der Waals surface area (Å²) in [5, 5.41) is 3.39. The topological polar surface area (TPSA) is 15.3 Å². The van der Waals surface area contributed by atoms with Gasteiger partial charge in [-0.1, -0.05) is 13.3 Å². The molecule has 1 N–H and O–H groups in total. The molecule has 1 saturated heterocycles. The number of rotatable bonds is 5. The van der Waals surface area contributed by atoms with E-state index in [0.29, 0.717) is 18.6 Å². The summed E-state index contributed by atoms with van der Waals surface area (Å²) in [5.41, 5.74) is 0. The molecule has 5 heteroatoms. The Hall–Kier alpha value is -0.290. The lowest BCUT2D eigenvalue weighted by Crippen LogP contribution is -2.55. The predicted octanol–water partition coefficient (Wildman–Crippen LogP) is 2.79. The number of hydrogen-bond donors (Lipinski definition) is 1. The van der Waals surface area contributed by atoms with Gasteiger partial charge in [0.15, 0.2) is 0 Å². The van der Waals surface area contributed by atoms with Gasteiger partial charge in [0.2, 0.25) is 0 Å². The number of hydrogen-bond acceptors (Lipinski definition) is 2. The minimum atomic E-state index is -4.01. The molecule has 17 heavy (non-hydrogen) atoms. The maximum atomic E-state index is 12.1. The van der Waals surface area contributed by atoms with Gasteiger partial charge in [-0.2, -0.15) is 13.2 Å². The minimum Gasteiger partial charge on any atom is -0.311 e. The molecule has 102 valence electrons. The molecule has 2 atom stereocenters. The van der Waals surface area contributed by atoms with E-state index < -0.39 is 12.6 Å². The fourth-order valence-corrected chi connectivity index (χ4v) is 2.41. The predicted molar refractivity (Wildman–Crippen MR) is 63.0 cm³/mol. The summed E-state index contributed by atoms with van der Waals surface area (Å²) in [6, 6.07) is 0.790. The third-order valence-electron chi connectivity index (χ3n) is 3.25. The molecule has 0 spiro atoms. The Morgan fingerprint density at radius 3 is 2.65 bits per heavy atom. The lowest BCUT2D eigenvalue weighted by molar-refractivity contribution is -0.136. The maximum Gasteiger partial charge on any atom is 0.389 e. The van der Waals surface area contributed by atoms with Gasteiger partial charge in [0.1, 0.15) is 0 Å². The summed E-state index contributed by atoms with van der Waals surface area (Å²) in [6.45, 7) is 6.53. The number of nitrogens with one attached hydrogen (secondary N) is 1. The van der Waals surface area contributed by atoms with Crippen molar-refractivity contribution in [3.63, 3.8) is 0 Å². The first kappa shape index (κ1) is 14.8. The second kappa shape index (κ2) is 6.59. The van der Waals surface area contributed by atoms with Crippen LogP contribution in [0.3, 0.4) is 0 Å². The molecule has 1 fully saturated rings. The van der Waals surface area contributed by atoms with Crippen molar-refractivity contribution in [2.24, 2.45) is 0 Å². The molecular weight excluding hydrogens is 229 g/mol. The Bertz CT molecular complexity index is 218. The van der Waals surface area contributed by atoms with Crippen molar-refractivity contribution in [3.05, 3.63) is 0 Å². The molecule has 0 amide bonds. The first-order valence-corrected chi connectivity index (χ1v) is 6.46. The van der Waals surface area contributed by atoms with Crippen LogP contribution >= 0.6 is 0 Å². The van der Waals surface area contributed by atoms with Crippen LogP contribution in [0, 0.1) is 0 Å². The molecular formula is C12H23F3N2. The summed E-state index contributed by atoms with van der Waals surface area (Å²) in [6.07, 6.45) is -2.32. The molecule has 2 unspecified atom stereocenters. The zero-order valence-corrected chi connectivity index (χ0v) is 10.7. The van der Waals surface area contributed by atoms with Crippen LogP contribution in [0.1, 0.15) is 39.5 Å². The smallest absolute Gasteiger partial charge is 0.311 e. The van der Waals surface area contributed by atoms with E-state index in [2.05, 4.69) is 24.1 Å². The van der Waals surface area contributed by atoms with Crippen molar-refractivity contribution in [3.8, 4) is 0 Å². The molecule has 0 aliphatic carbocycles. The van der Waals surface area contributed by atoms with Gasteiger partial charge in [-0.15, -0.1) is 0 Å². The molecule has 0 radical (unpaired) electrons. The average molecular weight is 252 g/mol. The molecule has 2 nitrogen and oxygen atoms in total. The molecule has 1 heterocycles. The quantitative estimate of drug-likeness (QED) is 0.809. The highest BCUT2D eigenvalue weighted by atomic mass is 19.4. The Morgan fingerprint density at radius 1 is 1.35 bits per heavy atom. The standard InChI is InChI=1S/C12H23F3N2/c1-3-5-11-8-16-10(2)9-17(11)7-4-6-12(13,14)15/h10-11,16H,3-9H2,1-2H3. The van der Waals surface area contributed by atoms with Crippen molar-refractivity contribution >= 4 is 0 Å². The third-order valence-corrected chi connectivity index (χ3v) is 3.25. The maximum absolute atomic E-state index is 12.1. The van der Waals surface area contributed by atoms with Crippen LogP contribution < -0.4 is 5.32 Å². The summed E-state index contributed by atoms with van der Waals surface area (Å²) in [4.78, 5) is 2.22. The molecule has 0 aromatic carbocycles. The summed E-state index contributed by atoms with van der Waals surface area (Å²) < 4.78 is 36.3. The van der Waals surface area contributed by atoms with Crippen molar-refractivity contribution in [1.82, 2.24) is 10.2 Å². The Balaban J connectivity index is 2.35. The van der Waals surface area contributed by atoms with Gasteiger partial charge in [-0.05, 0) is 26.3 Å². The Morgan fingerprint density at radius 2 is 2.06 bits per heavy atom. The van der Waals surface area contributed by atoms with Crippen molar-refractivity contribution in [2.45, 2.75) is 57.8 Å². The molecule has 1 aliphatic rings. The fraction of sp³-hybridized carbons (Fsp3) is 1.00. The van der Waals surface area contributed by atoms with Gasteiger partial charge in [-0.3, -0.25) is 4.90 Å². The van der Waals surface area contributed by atoms with E-state index in [4.69, 9.17) is 0 Å². The Kier molecular flexibility index (Phi) is 5.73. The van der Waals surface area contributed by atoms with Crippen molar-refractivity contribution < 1.29 is 13.2 Å². The lowest BCUT2D eigenvalue weighted by atomic mass is 10.0. The zero-order chi connectivity index (χ0) is 12.9. The summed E-state index contributed by atoms with van der Waals surface area (Å²) >= 11 is 0. The lowest BCUT2D eigenvalue weighted by Gasteiger charge is -2.39. The van der Waals surface area contributed by atoms with E-state index in [1.807, 2.05) is 0 Å². The second-order valence-corrected chi connectivity index (χ2v) is 4.97. The van der Waals surface area contributed by atoms with E-state index in [-0.39, 0.29) is 6.42 Å². The van der Waals surface area contributed by atoms with Gasteiger partial charge in [0, 0.05) is 31.6 Å². The first-order valence-electron chi connectivity index (χ1n) is 6.46. The first-order chi connectivity index (χ1) is 7.92. The van der Waals surface area contributed by atoms with Gasteiger partial charge in [0.25, 0.3) is 0 Å².